The zero-order valence-corrected chi connectivity index (χ0v) is 15.4. The highest BCUT2D eigenvalue weighted by atomic mass is 32.2. The molecule has 6 nitrogen and oxygen atoms in total. The molecule has 0 N–H and O–H groups in total. The van der Waals surface area contributed by atoms with Crippen LogP contribution < -0.4 is 8.37 Å². The summed E-state index contributed by atoms with van der Waals surface area (Å²) in [4.78, 5) is 0. The van der Waals surface area contributed by atoms with Crippen LogP contribution in [0.2, 0.25) is 0 Å². The Morgan fingerprint density at radius 3 is 1.68 bits per heavy atom. The van der Waals surface area contributed by atoms with E-state index in [2.05, 4.69) is 8.37 Å². The molecule has 2 aliphatic rings. The fraction of sp³-hybridized carbons (Fsp3) is 0.571. The molecule has 1 fully saturated rings. The van der Waals surface area contributed by atoms with Crippen molar-refractivity contribution in [3.8, 4) is 11.5 Å². The summed E-state index contributed by atoms with van der Waals surface area (Å²) >= 11 is 0. The van der Waals surface area contributed by atoms with Gasteiger partial charge in [0.1, 0.15) is 11.5 Å². The highest BCUT2D eigenvalue weighted by Crippen LogP contribution is 2.58. The first-order chi connectivity index (χ1) is 12.6. The van der Waals surface area contributed by atoms with Crippen LogP contribution in [0.15, 0.2) is 12.1 Å². The quantitative estimate of drug-likeness (QED) is 0.393. The maximum atomic E-state index is 12.7. The summed E-state index contributed by atoms with van der Waals surface area (Å²) in [6.07, 6.45) is 1.84. The van der Waals surface area contributed by atoms with Crippen LogP contribution in [0.5, 0.6) is 11.5 Å². The average Bonchev–Trinajstić information content (AvgIpc) is 2.88. The van der Waals surface area contributed by atoms with Crippen LogP contribution in [0.4, 0.5) is 26.3 Å². The zero-order chi connectivity index (χ0) is 21.2. The molecule has 0 bridgehead atoms. The van der Waals surface area contributed by atoms with Gasteiger partial charge >= 0.3 is 31.3 Å². The second kappa shape index (κ2) is 6.15. The first-order valence-corrected chi connectivity index (χ1v) is 10.6. The summed E-state index contributed by atoms with van der Waals surface area (Å²) in [6, 6.07) is 1.33. The van der Waals surface area contributed by atoms with Gasteiger partial charge in [0.05, 0.1) is 0 Å². The number of alkyl halides is 6. The molecule has 1 aromatic carbocycles. The van der Waals surface area contributed by atoms with E-state index in [9.17, 15) is 43.2 Å². The van der Waals surface area contributed by atoms with Gasteiger partial charge in [0, 0.05) is 11.1 Å². The van der Waals surface area contributed by atoms with Crippen molar-refractivity contribution in [1.82, 2.24) is 0 Å². The molecule has 158 valence electrons. The van der Waals surface area contributed by atoms with Gasteiger partial charge in [-0.25, -0.2) is 0 Å². The van der Waals surface area contributed by atoms with Gasteiger partial charge in [-0.3, -0.25) is 0 Å². The van der Waals surface area contributed by atoms with Crippen molar-refractivity contribution in [2.45, 2.75) is 48.5 Å². The Labute approximate surface area is 155 Å². The Balaban J connectivity index is 2.10. The van der Waals surface area contributed by atoms with Crippen molar-refractivity contribution >= 4 is 20.2 Å². The van der Waals surface area contributed by atoms with Gasteiger partial charge in [0.15, 0.2) is 0 Å². The predicted molar refractivity (Wildman–Crippen MR) is 81.5 cm³/mol. The van der Waals surface area contributed by atoms with E-state index in [1.54, 1.807) is 0 Å². The van der Waals surface area contributed by atoms with Crippen molar-refractivity contribution < 1.29 is 51.5 Å². The number of hydrogen-bond acceptors (Lipinski definition) is 6. The third-order valence-corrected chi connectivity index (χ3v) is 6.82. The van der Waals surface area contributed by atoms with Gasteiger partial charge in [-0.05, 0) is 43.2 Å². The normalized spacial score (nSPS) is 19.2. The first-order valence-electron chi connectivity index (χ1n) is 7.78. The number of rotatable bonds is 4. The molecule has 14 heteroatoms. The second-order valence-corrected chi connectivity index (χ2v) is 9.59. The Morgan fingerprint density at radius 2 is 1.25 bits per heavy atom. The lowest BCUT2D eigenvalue weighted by Crippen LogP contribution is -2.34. The summed E-state index contributed by atoms with van der Waals surface area (Å²) in [5.41, 5.74) is -12.4. The number of hydrogen-bond donors (Lipinski definition) is 0. The Morgan fingerprint density at radius 1 is 0.786 bits per heavy atom. The molecule has 2 aliphatic carbocycles. The molecule has 1 aromatic rings. The molecule has 0 radical (unpaired) electrons. The van der Waals surface area contributed by atoms with Gasteiger partial charge in [-0.1, -0.05) is 6.42 Å². The average molecular weight is 454 g/mol. The minimum atomic E-state index is -6.02. The molecule has 1 saturated carbocycles. The van der Waals surface area contributed by atoms with Crippen LogP contribution in [0.3, 0.4) is 0 Å². The summed E-state index contributed by atoms with van der Waals surface area (Å²) in [6.45, 7) is 0. The largest absolute Gasteiger partial charge is 0.534 e. The maximum absolute atomic E-state index is 12.7. The fourth-order valence-corrected chi connectivity index (χ4v) is 4.46. The molecule has 0 aromatic heterocycles. The van der Waals surface area contributed by atoms with Crippen LogP contribution in [0, 0.1) is 0 Å². The first kappa shape index (κ1) is 21.0. The number of benzene rings is 1. The van der Waals surface area contributed by atoms with Gasteiger partial charge < -0.3 is 8.37 Å². The van der Waals surface area contributed by atoms with Crippen LogP contribution in [-0.2, 0) is 32.1 Å². The van der Waals surface area contributed by atoms with Gasteiger partial charge in [-0.2, -0.15) is 43.2 Å². The van der Waals surface area contributed by atoms with E-state index >= 15 is 0 Å². The van der Waals surface area contributed by atoms with Gasteiger partial charge in [0.2, 0.25) is 0 Å². The van der Waals surface area contributed by atoms with E-state index in [0.717, 1.165) is 0 Å². The minimum Gasteiger partial charge on any atom is -0.376 e. The SMILES string of the molecule is O=S(=O)(Oc1ccc(OS(=O)(=O)C(F)(F)F)c2c1CCC21CCC1)C(F)(F)F. The number of fused-ring (bicyclic) bond motifs is 2. The summed E-state index contributed by atoms with van der Waals surface area (Å²) in [7, 11) is -12.0. The molecular formula is C14H12F6O6S2. The van der Waals surface area contributed by atoms with Crippen molar-refractivity contribution in [3.05, 3.63) is 23.3 Å². The maximum Gasteiger partial charge on any atom is 0.534 e. The Kier molecular flexibility index (Phi) is 4.61. The molecule has 0 amide bonds. The lowest BCUT2D eigenvalue weighted by atomic mass is 9.65. The number of halogens is 6. The topological polar surface area (TPSA) is 86.7 Å². The van der Waals surface area contributed by atoms with E-state index in [1.807, 2.05) is 0 Å². The molecule has 0 heterocycles. The van der Waals surface area contributed by atoms with Gasteiger partial charge in [0.25, 0.3) is 0 Å². The Bertz CT molecular complexity index is 1010. The molecule has 0 atom stereocenters. The Hall–Kier alpha value is -1.70. The molecule has 28 heavy (non-hydrogen) atoms. The van der Waals surface area contributed by atoms with Crippen molar-refractivity contribution in [2.75, 3.05) is 0 Å². The second-order valence-electron chi connectivity index (χ2n) is 6.52. The lowest BCUT2D eigenvalue weighted by molar-refractivity contribution is -0.0506. The molecule has 0 aliphatic heterocycles. The van der Waals surface area contributed by atoms with Crippen LogP contribution in [0.1, 0.15) is 36.8 Å². The summed E-state index contributed by atoms with van der Waals surface area (Å²) < 4.78 is 129. The van der Waals surface area contributed by atoms with Crippen LogP contribution in [-0.4, -0.2) is 27.9 Å². The van der Waals surface area contributed by atoms with Gasteiger partial charge in [-0.15, -0.1) is 0 Å². The van der Waals surface area contributed by atoms with Crippen LogP contribution in [0.25, 0.3) is 0 Å². The minimum absolute atomic E-state index is 0.00130. The smallest absolute Gasteiger partial charge is 0.376 e. The van der Waals surface area contributed by atoms with E-state index in [0.29, 0.717) is 31.4 Å². The molecule has 3 rings (SSSR count). The highest BCUT2D eigenvalue weighted by molar-refractivity contribution is 7.88. The highest BCUT2D eigenvalue weighted by Gasteiger charge is 2.53. The van der Waals surface area contributed by atoms with E-state index in [1.165, 1.54) is 0 Å². The summed E-state index contributed by atoms with van der Waals surface area (Å²) in [5.74, 6) is -1.41. The standard InChI is InChI=1S/C14H12F6O6S2/c15-13(16,17)27(21,22)25-9-2-3-10(26-28(23,24)14(18,19)20)11-8(9)4-7-12(11)5-1-6-12/h2-3H,1,4-7H2. The van der Waals surface area contributed by atoms with E-state index in [4.69, 9.17) is 0 Å². The lowest BCUT2D eigenvalue weighted by Gasteiger charge is -2.40. The third-order valence-electron chi connectivity index (χ3n) is 4.89. The summed E-state index contributed by atoms with van der Waals surface area (Å²) in [5, 5.41) is 0. The van der Waals surface area contributed by atoms with Crippen molar-refractivity contribution in [2.24, 2.45) is 0 Å². The predicted octanol–water partition coefficient (Wildman–Crippen LogP) is 3.51. The van der Waals surface area contributed by atoms with Crippen molar-refractivity contribution in [1.29, 1.82) is 0 Å². The van der Waals surface area contributed by atoms with Crippen LogP contribution >= 0.6 is 0 Å². The molecule has 0 unspecified atom stereocenters. The monoisotopic (exact) mass is 454 g/mol. The van der Waals surface area contributed by atoms with E-state index < -0.39 is 48.2 Å². The van der Waals surface area contributed by atoms with Crippen molar-refractivity contribution in [3.63, 3.8) is 0 Å². The zero-order valence-electron chi connectivity index (χ0n) is 13.7. The fourth-order valence-electron chi connectivity index (χ4n) is 3.51. The molecule has 0 saturated heterocycles. The third kappa shape index (κ3) is 3.29. The molecule has 1 spiro atoms. The molecular weight excluding hydrogens is 442 g/mol. The van der Waals surface area contributed by atoms with E-state index in [-0.39, 0.29) is 24.0 Å².